The molecule has 1 N–H and O–H groups in total. The van der Waals surface area contributed by atoms with Gasteiger partial charge in [-0.2, -0.15) is 0 Å². The standard InChI is InChI=1S/C12H18BrNO2S/c1-9(2)10(3)8-14-17(15,16)12-7-5-4-6-11(12)13/h4-7,9-10,14H,8H2,1-3H3. The van der Waals surface area contributed by atoms with Crippen LogP contribution in [0.15, 0.2) is 33.6 Å². The normalized spacial score (nSPS) is 13.9. The van der Waals surface area contributed by atoms with Crippen molar-refractivity contribution in [3.63, 3.8) is 0 Å². The lowest BCUT2D eigenvalue weighted by Gasteiger charge is -2.16. The minimum Gasteiger partial charge on any atom is -0.211 e. The van der Waals surface area contributed by atoms with E-state index in [2.05, 4.69) is 34.5 Å². The van der Waals surface area contributed by atoms with Crippen molar-refractivity contribution in [3.05, 3.63) is 28.7 Å². The Morgan fingerprint density at radius 1 is 1.24 bits per heavy atom. The Labute approximate surface area is 112 Å². The molecule has 0 aliphatic carbocycles. The first-order valence-corrected chi connectivity index (χ1v) is 7.86. The van der Waals surface area contributed by atoms with Crippen LogP contribution < -0.4 is 4.72 Å². The second kappa shape index (κ2) is 5.98. The van der Waals surface area contributed by atoms with Crippen LogP contribution in [-0.2, 0) is 10.0 Å². The van der Waals surface area contributed by atoms with Crippen molar-refractivity contribution in [3.8, 4) is 0 Å². The summed E-state index contributed by atoms with van der Waals surface area (Å²) in [7, 11) is -3.42. The van der Waals surface area contributed by atoms with E-state index in [-0.39, 0.29) is 4.90 Å². The average Bonchev–Trinajstić information content (AvgIpc) is 2.26. The predicted octanol–water partition coefficient (Wildman–Crippen LogP) is 3.02. The molecule has 5 heteroatoms. The van der Waals surface area contributed by atoms with Gasteiger partial charge in [0.25, 0.3) is 0 Å². The predicted molar refractivity (Wildman–Crippen MR) is 73.3 cm³/mol. The lowest BCUT2D eigenvalue weighted by molar-refractivity contribution is 0.414. The summed E-state index contributed by atoms with van der Waals surface area (Å²) < 4.78 is 27.3. The average molecular weight is 320 g/mol. The molecular formula is C12H18BrNO2S. The van der Waals surface area contributed by atoms with Crippen molar-refractivity contribution in [1.29, 1.82) is 0 Å². The fraction of sp³-hybridized carbons (Fsp3) is 0.500. The molecule has 0 amide bonds. The molecule has 1 rings (SSSR count). The Kier molecular flexibility index (Phi) is 5.16. The van der Waals surface area contributed by atoms with Crippen LogP contribution in [0, 0.1) is 11.8 Å². The van der Waals surface area contributed by atoms with Crippen molar-refractivity contribution in [1.82, 2.24) is 4.72 Å². The number of hydrogen-bond acceptors (Lipinski definition) is 2. The van der Waals surface area contributed by atoms with E-state index in [1.165, 1.54) is 0 Å². The van der Waals surface area contributed by atoms with Crippen LogP contribution in [0.4, 0.5) is 0 Å². The molecule has 0 spiro atoms. The van der Waals surface area contributed by atoms with Gasteiger partial charge in [0, 0.05) is 11.0 Å². The van der Waals surface area contributed by atoms with E-state index >= 15 is 0 Å². The molecule has 0 saturated heterocycles. The highest BCUT2D eigenvalue weighted by Gasteiger charge is 2.18. The van der Waals surface area contributed by atoms with Gasteiger partial charge in [-0.3, -0.25) is 0 Å². The van der Waals surface area contributed by atoms with Crippen LogP contribution in [0.25, 0.3) is 0 Å². The highest BCUT2D eigenvalue weighted by Crippen LogP contribution is 2.21. The van der Waals surface area contributed by atoms with E-state index < -0.39 is 10.0 Å². The van der Waals surface area contributed by atoms with Gasteiger partial charge in [0.05, 0.1) is 4.90 Å². The zero-order chi connectivity index (χ0) is 13.1. The van der Waals surface area contributed by atoms with Gasteiger partial charge in [-0.1, -0.05) is 32.9 Å². The maximum Gasteiger partial charge on any atom is 0.241 e. The SMILES string of the molecule is CC(C)C(C)CNS(=O)(=O)c1ccccc1Br. The molecule has 0 radical (unpaired) electrons. The third-order valence-electron chi connectivity index (χ3n) is 2.86. The molecule has 0 bridgehead atoms. The molecule has 0 aliphatic rings. The Morgan fingerprint density at radius 3 is 2.35 bits per heavy atom. The third kappa shape index (κ3) is 4.08. The smallest absolute Gasteiger partial charge is 0.211 e. The summed E-state index contributed by atoms with van der Waals surface area (Å²) in [6, 6.07) is 6.82. The molecule has 0 saturated carbocycles. The number of nitrogens with one attached hydrogen (secondary N) is 1. The quantitative estimate of drug-likeness (QED) is 0.906. The van der Waals surface area contributed by atoms with Gasteiger partial charge < -0.3 is 0 Å². The fourth-order valence-corrected chi connectivity index (χ4v) is 3.36. The topological polar surface area (TPSA) is 46.2 Å². The summed E-state index contributed by atoms with van der Waals surface area (Å²) in [5.41, 5.74) is 0. The zero-order valence-corrected chi connectivity index (χ0v) is 12.7. The van der Waals surface area contributed by atoms with Crippen LogP contribution >= 0.6 is 15.9 Å². The van der Waals surface area contributed by atoms with E-state index in [4.69, 9.17) is 0 Å². The van der Waals surface area contributed by atoms with Gasteiger partial charge in [-0.05, 0) is 39.9 Å². The number of benzene rings is 1. The maximum atomic E-state index is 12.0. The molecule has 1 atom stereocenters. The van der Waals surface area contributed by atoms with Gasteiger partial charge in [0.15, 0.2) is 0 Å². The highest BCUT2D eigenvalue weighted by atomic mass is 79.9. The Balaban J connectivity index is 2.80. The third-order valence-corrected chi connectivity index (χ3v) is 5.30. The van der Waals surface area contributed by atoms with Gasteiger partial charge in [-0.15, -0.1) is 0 Å². The van der Waals surface area contributed by atoms with Gasteiger partial charge in [0.2, 0.25) is 10.0 Å². The van der Waals surface area contributed by atoms with E-state index in [1.807, 2.05) is 6.92 Å². The minimum atomic E-state index is -3.42. The van der Waals surface area contributed by atoms with E-state index in [1.54, 1.807) is 24.3 Å². The number of hydrogen-bond donors (Lipinski definition) is 1. The molecule has 96 valence electrons. The largest absolute Gasteiger partial charge is 0.241 e. The molecule has 0 aliphatic heterocycles. The summed E-state index contributed by atoms with van der Waals surface area (Å²) in [6.45, 7) is 6.66. The van der Waals surface area contributed by atoms with Gasteiger partial charge in [-0.25, -0.2) is 13.1 Å². The van der Waals surface area contributed by atoms with Crippen molar-refractivity contribution >= 4 is 26.0 Å². The van der Waals surface area contributed by atoms with Crippen molar-refractivity contribution < 1.29 is 8.42 Å². The second-order valence-corrected chi connectivity index (χ2v) is 7.09. The number of rotatable bonds is 5. The zero-order valence-electron chi connectivity index (χ0n) is 10.3. The Hall–Kier alpha value is -0.390. The molecule has 17 heavy (non-hydrogen) atoms. The van der Waals surface area contributed by atoms with Crippen LogP contribution in [0.3, 0.4) is 0 Å². The Morgan fingerprint density at radius 2 is 1.82 bits per heavy atom. The van der Waals surface area contributed by atoms with E-state index in [0.717, 1.165) is 0 Å². The lowest BCUT2D eigenvalue weighted by atomic mass is 9.99. The van der Waals surface area contributed by atoms with E-state index in [0.29, 0.717) is 22.9 Å². The van der Waals surface area contributed by atoms with Crippen LogP contribution in [-0.4, -0.2) is 15.0 Å². The van der Waals surface area contributed by atoms with Crippen LogP contribution in [0.5, 0.6) is 0 Å². The highest BCUT2D eigenvalue weighted by molar-refractivity contribution is 9.10. The first-order chi connectivity index (χ1) is 7.84. The second-order valence-electron chi connectivity index (χ2n) is 4.50. The lowest BCUT2D eigenvalue weighted by Crippen LogP contribution is -2.30. The summed E-state index contributed by atoms with van der Waals surface area (Å²) in [4.78, 5) is 0.288. The minimum absolute atomic E-state index is 0.288. The van der Waals surface area contributed by atoms with E-state index in [9.17, 15) is 8.42 Å². The maximum absolute atomic E-state index is 12.0. The summed E-state index contributed by atoms with van der Waals surface area (Å²) in [5.74, 6) is 0.768. The van der Waals surface area contributed by atoms with Crippen LogP contribution in [0.2, 0.25) is 0 Å². The molecule has 1 aromatic carbocycles. The molecule has 0 aromatic heterocycles. The van der Waals surface area contributed by atoms with Gasteiger partial charge >= 0.3 is 0 Å². The molecular weight excluding hydrogens is 302 g/mol. The number of sulfonamides is 1. The fourth-order valence-electron chi connectivity index (χ4n) is 1.22. The Bertz CT molecular complexity index is 471. The van der Waals surface area contributed by atoms with Crippen molar-refractivity contribution in [2.45, 2.75) is 25.7 Å². The first-order valence-electron chi connectivity index (χ1n) is 5.59. The summed E-state index contributed by atoms with van der Waals surface area (Å²) in [6.07, 6.45) is 0. The van der Waals surface area contributed by atoms with Crippen molar-refractivity contribution in [2.24, 2.45) is 11.8 Å². The summed E-state index contributed by atoms with van der Waals surface area (Å²) >= 11 is 3.25. The molecule has 0 heterocycles. The summed E-state index contributed by atoms with van der Waals surface area (Å²) in [5, 5.41) is 0. The monoisotopic (exact) mass is 319 g/mol. The van der Waals surface area contributed by atoms with Crippen LogP contribution in [0.1, 0.15) is 20.8 Å². The molecule has 3 nitrogen and oxygen atoms in total. The number of halogens is 1. The van der Waals surface area contributed by atoms with Gasteiger partial charge in [0.1, 0.15) is 0 Å². The molecule has 1 aromatic rings. The van der Waals surface area contributed by atoms with Crippen molar-refractivity contribution in [2.75, 3.05) is 6.54 Å². The molecule has 0 fully saturated rings. The first kappa shape index (κ1) is 14.7. The molecule has 1 unspecified atom stereocenters.